The van der Waals surface area contributed by atoms with Gasteiger partial charge in [-0.05, 0) is 44.4 Å². The maximum absolute atomic E-state index is 12.3. The molecule has 1 N–H and O–H groups in total. The van der Waals surface area contributed by atoms with Crippen molar-refractivity contribution in [2.45, 2.75) is 56.7 Å². The van der Waals surface area contributed by atoms with Gasteiger partial charge in [0.1, 0.15) is 0 Å². The molecule has 3 rings (SSSR count). The first-order valence-corrected chi connectivity index (χ1v) is 10.4. The Morgan fingerprint density at radius 3 is 2.60 bits per heavy atom. The Labute approximate surface area is 148 Å². The van der Waals surface area contributed by atoms with E-state index >= 15 is 0 Å². The summed E-state index contributed by atoms with van der Waals surface area (Å²) in [6, 6.07) is 5.54. The molecule has 1 aliphatic heterocycles. The van der Waals surface area contributed by atoms with E-state index in [0.717, 1.165) is 31.2 Å². The highest BCUT2D eigenvalue weighted by Gasteiger charge is 2.30. The molecule has 138 valence electrons. The molecule has 1 aromatic rings. The van der Waals surface area contributed by atoms with Gasteiger partial charge >= 0.3 is 0 Å². The molecule has 1 aliphatic carbocycles. The lowest BCUT2D eigenvalue weighted by atomic mass is 9.93. The zero-order chi connectivity index (χ0) is 18.1. The lowest BCUT2D eigenvalue weighted by Crippen LogP contribution is -2.41. The van der Waals surface area contributed by atoms with Crippen molar-refractivity contribution in [1.82, 2.24) is 5.32 Å². The summed E-state index contributed by atoms with van der Waals surface area (Å²) in [5.74, 6) is 1.00. The van der Waals surface area contributed by atoms with E-state index in [2.05, 4.69) is 5.32 Å². The van der Waals surface area contributed by atoms with Crippen molar-refractivity contribution >= 4 is 15.7 Å². The van der Waals surface area contributed by atoms with Crippen LogP contribution in [0.1, 0.15) is 51.5 Å². The standard InChI is InChI=1S/C18H25NO5S/c1-18(2,13-7-8-15-16(11-13)24-12-23-15)19-17(20)9-10-25(21,22)14-5-3-4-6-14/h7-8,11,14H,3-6,9-10,12H2,1-2H3,(H,19,20). The van der Waals surface area contributed by atoms with Crippen LogP contribution in [0.5, 0.6) is 11.5 Å². The van der Waals surface area contributed by atoms with Crippen LogP contribution in [0.25, 0.3) is 0 Å². The van der Waals surface area contributed by atoms with Gasteiger partial charge in [0.05, 0.1) is 16.5 Å². The van der Waals surface area contributed by atoms with Crippen LogP contribution < -0.4 is 14.8 Å². The minimum absolute atomic E-state index is 0.00713. The summed E-state index contributed by atoms with van der Waals surface area (Å²) in [7, 11) is -3.18. The van der Waals surface area contributed by atoms with Gasteiger partial charge in [-0.15, -0.1) is 0 Å². The number of benzene rings is 1. The first-order valence-electron chi connectivity index (χ1n) is 8.71. The predicted molar refractivity (Wildman–Crippen MR) is 94.4 cm³/mol. The van der Waals surface area contributed by atoms with Gasteiger partial charge in [-0.2, -0.15) is 0 Å². The third-order valence-corrected chi connectivity index (χ3v) is 7.23. The molecule has 0 unspecified atom stereocenters. The highest BCUT2D eigenvalue weighted by molar-refractivity contribution is 7.92. The number of rotatable bonds is 6. The molecular formula is C18H25NO5S. The Morgan fingerprint density at radius 1 is 1.20 bits per heavy atom. The summed E-state index contributed by atoms with van der Waals surface area (Å²) in [5, 5.41) is 2.67. The Bertz CT molecular complexity index is 751. The number of nitrogens with one attached hydrogen (secondary N) is 1. The summed E-state index contributed by atoms with van der Waals surface area (Å²) in [5.41, 5.74) is 0.249. The molecule has 1 heterocycles. The maximum atomic E-state index is 12.3. The highest BCUT2D eigenvalue weighted by Crippen LogP contribution is 2.35. The summed E-state index contributed by atoms with van der Waals surface area (Å²) in [6.45, 7) is 3.96. The van der Waals surface area contributed by atoms with Crippen molar-refractivity contribution in [3.8, 4) is 11.5 Å². The second-order valence-electron chi connectivity index (χ2n) is 7.26. The number of sulfone groups is 1. The molecule has 0 radical (unpaired) electrons. The van der Waals surface area contributed by atoms with E-state index in [4.69, 9.17) is 9.47 Å². The van der Waals surface area contributed by atoms with Crippen LogP contribution in [0.4, 0.5) is 0 Å². The van der Waals surface area contributed by atoms with E-state index in [9.17, 15) is 13.2 Å². The highest BCUT2D eigenvalue weighted by atomic mass is 32.2. The van der Waals surface area contributed by atoms with Crippen molar-refractivity contribution in [1.29, 1.82) is 0 Å². The fraction of sp³-hybridized carbons (Fsp3) is 0.611. The molecule has 7 heteroatoms. The second-order valence-corrected chi connectivity index (χ2v) is 9.67. The quantitative estimate of drug-likeness (QED) is 0.835. The van der Waals surface area contributed by atoms with E-state index in [1.165, 1.54) is 0 Å². The summed E-state index contributed by atoms with van der Waals surface area (Å²) >= 11 is 0. The average molecular weight is 367 g/mol. The summed E-state index contributed by atoms with van der Waals surface area (Å²) in [4.78, 5) is 12.3. The van der Waals surface area contributed by atoms with Crippen LogP contribution in [0.15, 0.2) is 18.2 Å². The Balaban J connectivity index is 1.59. The topological polar surface area (TPSA) is 81.7 Å². The van der Waals surface area contributed by atoms with Crippen LogP contribution in [0, 0.1) is 0 Å². The first-order chi connectivity index (χ1) is 11.8. The largest absolute Gasteiger partial charge is 0.454 e. The van der Waals surface area contributed by atoms with Crippen LogP contribution in [0.2, 0.25) is 0 Å². The fourth-order valence-electron chi connectivity index (χ4n) is 3.42. The van der Waals surface area contributed by atoms with E-state index in [1.807, 2.05) is 32.0 Å². The van der Waals surface area contributed by atoms with Gasteiger partial charge in [-0.25, -0.2) is 8.42 Å². The van der Waals surface area contributed by atoms with Crippen LogP contribution >= 0.6 is 0 Å². The van der Waals surface area contributed by atoms with Gasteiger partial charge in [-0.3, -0.25) is 4.79 Å². The third-order valence-electron chi connectivity index (χ3n) is 4.97. The Hall–Kier alpha value is -1.76. The van der Waals surface area contributed by atoms with E-state index in [1.54, 1.807) is 0 Å². The van der Waals surface area contributed by atoms with Crippen LogP contribution in [-0.2, 0) is 20.2 Å². The number of fused-ring (bicyclic) bond motifs is 1. The second kappa shape index (κ2) is 6.86. The third kappa shape index (κ3) is 4.08. The Morgan fingerprint density at radius 2 is 1.88 bits per heavy atom. The molecule has 1 saturated carbocycles. The SMILES string of the molecule is CC(C)(NC(=O)CCS(=O)(=O)C1CCCC1)c1ccc2c(c1)OCO2. The van der Waals surface area contributed by atoms with E-state index < -0.39 is 15.4 Å². The van der Waals surface area contributed by atoms with E-state index in [-0.39, 0.29) is 30.1 Å². The maximum Gasteiger partial charge on any atom is 0.231 e. The number of hydrogen-bond donors (Lipinski definition) is 1. The van der Waals surface area contributed by atoms with Gasteiger partial charge < -0.3 is 14.8 Å². The van der Waals surface area contributed by atoms with Gasteiger partial charge in [0.15, 0.2) is 21.3 Å². The Kier molecular flexibility index (Phi) is 4.95. The minimum atomic E-state index is -3.18. The van der Waals surface area contributed by atoms with Crippen LogP contribution in [-0.4, -0.2) is 32.1 Å². The number of carbonyl (C=O) groups is 1. The average Bonchev–Trinajstić information content (AvgIpc) is 3.23. The van der Waals surface area contributed by atoms with Gasteiger partial charge in [0, 0.05) is 6.42 Å². The molecule has 0 aromatic heterocycles. The van der Waals surface area contributed by atoms with Gasteiger partial charge in [-0.1, -0.05) is 18.9 Å². The van der Waals surface area contributed by atoms with Crippen molar-refractivity contribution < 1.29 is 22.7 Å². The number of carbonyl (C=O) groups excluding carboxylic acids is 1. The molecular weight excluding hydrogens is 342 g/mol. The summed E-state index contributed by atoms with van der Waals surface area (Å²) in [6.07, 6.45) is 3.38. The summed E-state index contributed by atoms with van der Waals surface area (Å²) < 4.78 is 35.3. The fourth-order valence-corrected chi connectivity index (χ4v) is 5.27. The van der Waals surface area contributed by atoms with Crippen LogP contribution in [0.3, 0.4) is 0 Å². The number of hydrogen-bond acceptors (Lipinski definition) is 5. The van der Waals surface area contributed by atoms with E-state index in [0.29, 0.717) is 11.5 Å². The normalized spacial score (nSPS) is 17.7. The first kappa shape index (κ1) is 18.0. The molecule has 1 amide bonds. The molecule has 6 nitrogen and oxygen atoms in total. The minimum Gasteiger partial charge on any atom is -0.454 e. The predicted octanol–water partition coefficient (Wildman–Crippen LogP) is 2.51. The molecule has 1 fully saturated rings. The molecule has 25 heavy (non-hydrogen) atoms. The van der Waals surface area contributed by atoms with Gasteiger partial charge in [0.25, 0.3) is 0 Å². The molecule has 0 spiro atoms. The molecule has 0 atom stereocenters. The van der Waals surface area contributed by atoms with Gasteiger partial charge in [0.2, 0.25) is 12.7 Å². The van der Waals surface area contributed by atoms with Crippen molar-refractivity contribution in [2.24, 2.45) is 0 Å². The number of ether oxygens (including phenoxy) is 2. The monoisotopic (exact) mass is 367 g/mol. The number of amides is 1. The molecule has 2 aliphatic rings. The zero-order valence-electron chi connectivity index (χ0n) is 14.7. The molecule has 1 aromatic carbocycles. The smallest absolute Gasteiger partial charge is 0.231 e. The van der Waals surface area contributed by atoms with Crippen molar-refractivity contribution in [3.05, 3.63) is 23.8 Å². The lowest BCUT2D eigenvalue weighted by molar-refractivity contribution is -0.122. The van der Waals surface area contributed by atoms with Crippen molar-refractivity contribution in [3.63, 3.8) is 0 Å². The molecule has 0 saturated heterocycles. The zero-order valence-corrected chi connectivity index (χ0v) is 15.5. The lowest BCUT2D eigenvalue weighted by Gasteiger charge is -2.27. The molecule has 0 bridgehead atoms. The van der Waals surface area contributed by atoms with Crippen molar-refractivity contribution in [2.75, 3.05) is 12.5 Å².